The van der Waals surface area contributed by atoms with Gasteiger partial charge in [-0.05, 0) is 18.1 Å². The normalized spacial score (nSPS) is 17.5. The van der Waals surface area contributed by atoms with E-state index in [-0.39, 0.29) is 6.29 Å². The van der Waals surface area contributed by atoms with Gasteiger partial charge in [-0.1, -0.05) is 34.1 Å². The molecule has 1 saturated heterocycles. The van der Waals surface area contributed by atoms with Crippen molar-refractivity contribution in [2.45, 2.75) is 19.1 Å². The molecule has 0 N–H and O–H groups in total. The van der Waals surface area contributed by atoms with Crippen molar-refractivity contribution < 1.29 is 9.47 Å². The zero-order valence-corrected chi connectivity index (χ0v) is 9.50. The molecular formula is C11H13BrO2. The van der Waals surface area contributed by atoms with Gasteiger partial charge in [-0.15, -0.1) is 0 Å². The Morgan fingerprint density at radius 1 is 1.21 bits per heavy atom. The number of hydrogen-bond donors (Lipinski definition) is 0. The molecule has 1 fully saturated rings. The summed E-state index contributed by atoms with van der Waals surface area (Å²) in [5, 5.41) is 0. The maximum absolute atomic E-state index is 5.38. The van der Waals surface area contributed by atoms with Crippen molar-refractivity contribution in [1.82, 2.24) is 0 Å². The van der Waals surface area contributed by atoms with Crippen LogP contribution in [0.1, 0.15) is 12.0 Å². The third-order valence-electron chi connectivity index (χ3n) is 2.30. The van der Waals surface area contributed by atoms with Crippen LogP contribution in [0.2, 0.25) is 0 Å². The van der Waals surface area contributed by atoms with Crippen LogP contribution in [0, 0.1) is 0 Å². The molecule has 0 aromatic heterocycles. The molecule has 0 radical (unpaired) electrons. The van der Waals surface area contributed by atoms with Crippen LogP contribution in [0.4, 0.5) is 0 Å². The highest BCUT2D eigenvalue weighted by atomic mass is 79.9. The van der Waals surface area contributed by atoms with E-state index in [1.54, 1.807) is 0 Å². The van der Waals surface area contributed by atoms with Gasteiger partial charge in [0.2, 0.25) is 0 Å². The molecule has 1 heterocycles. The van der Waals surface area contributed by atoms with Gasteiger partial charge in [0.15, 0.2) is 6.29 Å². The third kappa shape index (κ3) is 2.56. The summed E-state index contributed by atoms with van der Waals surface area (Å²) in [5.74, 6) is 0. The van der Waals surface area contributed by atoms with E-state index in [4.69, 9.17) is 9.47 Å². The topological polar surface area (TPSA) is 18.5 Å². The highest BCUT2D eigenvalue weighted by Gasteiger charge is 2.15. The minimum atomic E-state index is 0.00195. The molecule has 1 aromatic carbocycles. The summed E-state index contributed by atoms with van der Waals surface area (Å²) < 4.78 is 11.9. The van der Waals surface area contributed by atoms with Crippen LogP contribution < -0.4 is 0 Å². The van der Waals surface area contributed by atoms with Gasteiger partial charge < -0.3 is 9.47 Å². The summed E-state index contributed by atoms with van der Waals surface area (Å²) in [4.78, 5) is 0. The molecule has 2 rings (SSSR count). The van der Waals surface area contributed by atoms with Crippen LogP contribution >= 0.6 is 15.9 Å². The molecule has 1 aliphatic heterocycles. The van der Waals surface area contributed by atoms with Crippen molar-refractivity contribution in [2.24, 2.45) is 0 Å². The van der Waals surface area contributed by atoms with Crippen LogP contribution in [0.5, 0.6) is 0 Å². The Morgan fingerprint density at radius 3 is 2.64 bits per heavy atom. The van der Waals surface area contributed by atoms with Crippen LogP contribution in [0.25, 0.3) is 0 Å². The van der Waals surface area contributed by atoms with Gasteiger partial charge in [0.1, 0.15) is 0 Å². The van der Waals surface area contributed by atoms with Gasteiger partial charge in [-0.2, -0.15) is 0 Å². The number of halogens is 1. The fraction of sp³-hybridized carbons (Fsp3) is 0.455. The largest absolute Gasteiger partial charge is 0.350 e. The molecule has 76 valence electrons. The lowest BCUT2D eigenvalue weighted by Gasteiger charge is -2.09. The maximum Gasteiger partial charge on any atom is 0.158 e. The summed E-state index contributed by atoms with van der Waals surface area (Å²) in [6.45, 7) is 1.47. The van der Waals surface area contributed by atoms with Crippen LogP contribution in [-0.4, -0.2) is 19.5 Å². The SMILES string of the molecule is Brc1ccccc1CCC1OCCO1. The van der Waals surface area contributed by atoms with Crippen molar-refractivity contribution in [3.05, 3.63) is 34.3 Å². The summed E-state index contributed by atoms with van der Waals surface area (Å²) in [5.41, 5.74) is 1.31. The first-order valence-corrected chi connectivity index (χ1v) is 5.62. The number of aryl methyl sites for hydroxylation is 1. The fourth-order valence-corrected chi connectivity index (χ4v) is 2.03. The molecule has 0 aliphatic carbocycles. The molecule has 0 saturated carbocycles. The van der Waals surface area contributed by atoms with E-state index in [1.807, 2.05) is 6.07 Å². The molecule has 0 atom stereocenters. The number of hydrogen-bond acceptors (Lipinski definition) is 2. The molecule has 0 amide bonds. The predicted molar refractivity (Wildman–Crippen MR) is 58.2 cm³/mol. The highest BCUT2D eigenvalue weighted by molar-refractivity contribution is 9.10. The van der Waals surface area contributed by atoms with Crippen molar-refractivity contribution in [3.8, 4) is 0 Å². The zero-order valence-electron chi connectivity index (χ0n) is 7.91. The smallest absolute Gasteiger partial charge is 0.158 e. The van der Waals surface area contributed by atoms with E-state index in [0.29, 0.717) is 0 Å². The summed E-state index contributed by atoms with van der Waals surface area (Å²) in [6, 6.07) is 8.26. The lowest BCUT2D eigenvalue weighted by molar-refractivity contribution is -0.0462. The van der Waals surface area contributed by atoms with Crippen LogP contribution in [-0.2, 0) is 15.9 Å². The predicted octanol–water partition coefficient (Wildman–Crippen LogP) is 2.75. The molecule has 0 bridgehead atoms. The first-order valence-electron chi connectivity index (χ1n) is 4.83. The average molecular weight is 257 g/mol. The molecule has 3 heteroatoms. The lowest BCUT2D eigenvalue weighted by atomic mass is 10.1. The van der Waals surface area contributed by atoms with E-state index < -0.39 is 0 Å². The van der Waals surface area contributed by atoms with Crippen LogP contribution in [0.3, 0.4) is 0 Å². The van der Waals surface area contributed by atoms with E-state index in [1.165, 1.54) is 5.56 Å². The molecule has 1 aliphatic rings. The average Bonchev–Trinajstić information content (AvgIpc) is 2.69. The van der Waals surface area contributed by atoms with Gasteiger partial charge in [-0.3, -0.25) is 0 Å². The van der Waals surface area contributed by atoms with Crippen LogP contribution in [0.15, 0.2) is 28.7 Å². The summed E-state index contributed by atoms with van der Waals surface area (Å²) >= 11 is 3.52. The fourth-order valence-electron chi connectivity index (χ4n) is 1.55. The van der Waals surface area contributed by atoms with E-state index in [9.17, 15) is 0 Å². The van der Waals surface area contributed by atoms with Gasteiger partial charge in [-0.25, -0.2) is 0 Å². The van der Waals surface area contributed by atoms with Gasteiger partial charge >= 0.3 is 0 Å². The van der Waals surface area contributed by atoms with E-state index in [0.717, 1.165) is 30.5 Å². The Balaban J connectivity index is 1.88. The summed E-state index contributed by atoms with van der Waals surface area (Å²) in [6.07, 6.45) is 1.93. The molecule has 1 aromatic rings. The Labute approximate surface area is 92.3 Å². The second-order valence-corrected chi connectivity index (χ2v) is 4.16. The van der Waals surface area contributed by atoms with Crippen molar-refractivity contribution >= 4 is 15.9 Å². The van der Waals surface area contributed by atoms with Gasteiger partial charge in [0.05, 0.1) is 13.2 Å². The standard InChI is InChI=1S/C11H13BrO2/c12-10-4-2-1-3-9(10)5-6-11-13-7-8-14-11/h1-4,11H,5-8H2. The number of ether oxygens (including phenoxy) is 2. The Bertz CT molecular complexity index is 295. The molecule has 2 nitrogen and oxygen atoms in total. The van der Waals surface area contributed by atoms with Crippen molar-refractivity contribution in [1.29, 1.82) is 0 Å². The minimum absolute atomic E-state index is 0.00195. The molecule has 14 heavy (non-hydrogen) atoms. The number of rotatable bonds is 3. The first kappa shape index (κ1) is 10.1. The van der Waals surface area contributed by atoms with Crippen molar-refractivity contribution in [2.75, 3.05) is 13.2 Å². The molecule has 0 unspecified atom stereocenters. The second-order valence-electron chi connectivity index (χ2n) is 3.30. The Hall–Kier alpha value is -0.380. The first-order chi connectivity index (χ1) is 6.86. The second kappa shape index (κ2) is 4.91. The zero-order chi connectivity index (χ0) is 9.80. The summed E-state index contributed by atoms with van der Waals surface area (Å²) in [7, 11) is 0. The Kier molecular flexibility index (Phi) is 3.56. The van der Waals surface area contributed by atoms with E-state index >= 15 is 0 Å². The molecular weight excluding hydrogens is 244 g/mol. The van der Waals surface area contributed by atoms with Gasteiger partial charge in [0.25, 0.3) is 0 Å². The van der Waals surface area contributed by atoms with Gasteiger partial charge in [0, 0.05) is 10.9 Å². The quantitative estimate of drug-likeness (QED) is 0.828. The highest BCUT2D eigenvalue weighted by Crippen LogP contribution is 2.19. The van der Waals surface area contributed by atoms with E-state index in [2.05, 4.69) is 34.1 Å². The monoisotopic (exact) mass is 256 g/mol. The number of benzene rings is 1. The Morgan fingerprint density at radius 2 is 1.93 bits per heavy atom. The lowest BCUT2D eigenvalue weighted by Crippen LogP contribution is -2.08. The molecule has 0 spiro atoms. The minimum Gasteiger partial charge on any atom is -0.350 e. The van der Waals surface area contributed by atoms with Crippen molar-refractivity contribution in [3.63, 3.8) is 0 Å². The third-order valence-corrected chi connectivity index (χ3v) is 3.07. The maximum atomic E-state index is 5.38.